The fraction of sp³-hybridized carbons (Fsp3) is 0.562. The molecule has 0 heterocycles. The van der Waals surface area contributed by atoms with Crippen molar-refractivity contribution in [2.75, 3.05) is 11.9 Å². The van der Waals surface area contributed by atoms with Crippen molar-refractivity contribution in [3.63, 3.8) is 0 Å². The molecule has 0 atom stereocenters. The van der Waals surface area contributed by atoms with Gasteiger partial charge in [0.05, 0.1) is 10.6 Å². The Morgan fingerprint density at radius 3 is 2.70 bits per heavy atom. The van der Waals surface area contributed by atoms with Gasteiger partial charge >= 0.3 is 0 Å². The number of anilines is 1. The molecule has 1 saturated carbocycles. The maximum atomic E-state index is 6.16. The standard InChI is InChI=1S/C16H23ClN2S/c1-11-5-7-12(8-6-11)9-10-19-14-4-2-3-13(17)15(14)16(18)20/h2-4,11-12,19H,5-10H2,1H3,(H2,18,20). The van der Waals surface area contributed by atoms with Crippen molar-refractivity contribution < 1.29 is 0 Å². The van der Waals surface area contributed by atoms with Crippen LogP contribution in [0.3, 0.4) is 0 Å². The van der Waals surface area contributed by atoms with Crippen LogP contribution in [0, 0.1) is 11.8 Å². The summed E-state index contributed by atoms with van der Waals surface area (Å²) >= 11 is 11.2. The van der Waals surface area contributed by atoms with Gasteiger partial charge in [-0.05, 0) is 30.4 Å². The van der Waals surface area contributed by atoms with E-state index < -0.39 is 0 Å². The summed E-state index contributed by atoms with van der Waals surface area (Å²) in [6.07, 6.45) is 6.68. The lowest BCUT2D eigenvalue weighted by Crippen LogP contribution is -2.18. The van der Waals surface area contributed by atoms with Gasteiger partial charge < -0.3 is 11.1 Å². The molecule has 20 heavy (non-hydrogen) atoms. The second kappa shape index (κ2) is 7.28. The molecule has 1 fully saturated rings. The number of hydrogen-bond donors (Lipinski definition) is 2. The Morgan fingerprint density at radius 1 is 1.35 bits per heavy atom. The summed E-state index contributed by atoms with van der Waals surface area (Å²) in [5.74, 6) is 1.76. The van der Waals surface area contributed by atoms with Crippen molar-refractivity contribution in [3.05, 3.63) is 28.8 Å². The number of halogens is 1. The Balaban J connectivity index is 1.88. The van der Waals surface area contributed by atoms with Crippen LogP contribution in [0.25, 0.3) is 0 Å². The minimum Gasteiger partial charge on any atom is -0.389 e. The SMILES string of the molecule is CC1CCC(CCNc2cccc(Cl)c2C(N)=S)CC1. The van der Waals surface area contributed by atoms with Crippen molar-refractivity contribution in [2.45, 2.75) is 39.0 Å². The quantitative estimate of drug-likeness (QED) is 0.780. The predicted octanol–water partition coefficient (Wildman–Crippen LogP) is 4.60. The van der Waals surface area contributed by atoms with Crippen LogP contribution in [0.5, 0.6) is 0 Å². The molecule has 0 unspecified atom stereocenters. The molecular formula is C16H23ClN2S. The Kier molecular flexibility index (Phi) is 5.67. The zero-order chi connectivity index (χ0) is 14.5. The van der Waals surface area contributed by atoms with Crippen molar-refractivity contribution in [1.82, 2.24) is 0 Å². The van der Waals surface area contributed by atoms with Gasteiger partial charge in [-0.3, -0.25) is 0 Å². The molecule has 1 aromatic carbocycles. The van der Waals surface area contributed by atoms with E-state index in [2.05, 4.69) is 12.2 Å². The fourth-order valence-electron chi connectivity index (χ4n) is 2.95. The highest BCUT2D eigenvalue weighted by Gasteiger charge is 2.18. The van der Waals surface area contributed by atoms with Gasteiger partial charge in [0, 0.05) is 12.2 Å². The van der Waals surface area contributed by atoms with E-state index in [1.165, 1.54) is 32.1 Å². The van der Waals surface area contributed by atoms with Crippen LogP contribution in [0.15, 0.2) is 18.2 Å². The number of rotatable bonds is 5. The van der Waals surface area contributed by atoms with Crippen LogP contribution in [-0.2, 0) is 0 Å². The number of nitrogens with two attached hydrogens (primary N) is 1. The van der Waals surface area contributed by atoms with Gasteiger partial charge in [-0.25, -0.2) is 0 Å². The largest absolute Gasteiger partial charge is 0.389 e. The summed E-state index contributed by atoms with van der Waals surface area (Å²) in [5.41, 5.74) is 7.47. The predicted molar refractivity (Wildman–Crippen MR) is 91.6 cm³/mol. The van der Waals surface area contributed by atoms with Gasteiger partial charge in [-0.15, -0.1) is 0 Å². The van der Waals surface area contributed by atoms with Crippen LogP contribution in [0.2, 0.25) is 5.02 Å². The van der Waals surface area contributed by atoms with E-state index in [4.69, 9.17) is 29.6 Å². The van der Waals surface area contributed by atoms with Crippen molar-refractivity contribution in [3.8, 4) is 0 Å². The topological polar surface area (TPSA) is 38.0 Å². The first-order valence-corrected chi connectivity index (χ1v) is 8.18. The van der Waals surface area contributed by atoms with Gasteiger partial charge in [-0.2, -0.15) is 0 Å². The number of hydrogen-bond acceptors (Lipinski definition) is 2. The summed E-state index contributed by atoms with van der Waals surface area (Å²) in [6.45, 7) is 3.31. The molecule has 1 aliphatic carbocycles. The molecule has 0 aliphatic heterocycles. The Bertz CT molecular complexity index is 468. The van der Waals surface area contributed by atoms with Crippen LogP contribution < -0.4 is 11.1 Å². The first kappa shape index (κ1) is 15.6. The smallest absolute Gasteiger partial charge is 0.107 e. The monoisotopic (exact) mass is 310 g/mol. The Morgan fingerprint density at radius 2 is 2.05 bits per heavy atom. The van der Waals surface area contributed by atoms with Crippen molar-refractivity contribution in [1.29, 1.82) is 0 Å². The molecule has 0 aromatic heterocycles. The molecule has 0 radical (unpaired) electrons. The lowest BCUT2D eigenvalue weighted by molar-refractivity contribution is 0.282. The summed E-state index contributed by atoms with van der Waals surface area (Å²) in [7, 11) is 0. The lowest BCUT2D eigenvalue weighted by atomic mass is 9.81. The molecule has 3 N–H and O–H groups in total. The molecule has 0 saturated heterocycles. The van der Waals surface area contributed by atoms with Gasteiger partial charge in [0.1, 0.15) is 4.99 Å². The minimum absolute atomic E-state index is 0.351. The van der Waals surface area contributed by atoms with Gasteiger partial charge in [-0.1, -0.05) is 62.5 Å². The van der Waals surface area contributed by atoms with E-state index in [-0.39, 0.29) is 0 Å². The van der Waals surface area contributed by atoms with E-state index >= 15 is 0 Å². The molecule has 110 valence electrons. The van der Waals surface area contributed by atoms with Crippen molar-refractivity contribution >= 4 is 34.5 Å². The van der Waals surface area contributed by atoms with Gasteiger partial charge in [0.15, 0.2) is 0 Å². The third kappa shape index (κ3) is 4.10. The summed E-state index contributed by atoms with van der Waals surface area (Å²) in [6, 6.07) is 5.74. The highest BCUT2D eigenvalue weighted by Crippen LogP contribution is 2.30. The molecule has 0 spiro atoms. The van der Waals surface area contributed by atoms with Crippen LogP contribution in [-0.4, -0.2) is 11.5 Å². The van der Waals surface area contributed by atoms with E-state index in [0.29, 0.717) is 10.0 Å². The highest BCUT2D eigenvalue weighted by molar-refractivity contribution is 7.80. The first-order chi connectivity index (χ1) is 9.58. The van der Waals surface area contributed by atoms with Crippen LogP contribution in [0.4, 0.5) is 5.69 Å². The zero-order valence-corrected chi connectivity index (χ0v) is 13.6. The summed E-state index contributed by atoms with van der Waals surface area (Å²) in [4.78, 5) is 0.351. The van der Waals surface area contributed by atoms with E-state index in [1.54, 1.807) is 0 Å². The van der Waals surface area contributed by atoms with Crippen LogP contribution in [0.1, 0.15) is 44.6 Å². The lowest BCUT2D eigenvalue weighted by Gasteiger charge is -2.26. The normalized spacial score (nSPS) is 22.5. The average Bonchev–Trinajstić information content (AvgIpc) is 2.40. The molecule has 0 bridgehead atoms. The van der Waals surface area contributed by atoms with Crippen LogP contribution >= 0.6 is 23.8 Å². The van der Waals surface area contributed by atoms with Gasteiger partial charge in [0.2, 0.25) is 0 Å². The average molecular weight is 311 g/mol. The number of thiocarbonyl (C=S) groups is 1. The summed E-state index contributed by atoms with van der Waals surface area (Å²) < 4.78 is 0. The van der Waals surface area contributed by atoms with Gasteiger partial charge in [0.25, 0.3) is 0 Å². The molecular weight excluding hydrogens is 288 g/mol. The second-order valence-corrected chi connectivity index (χ2v) is 6.72. The molecule has 1 aromatic rings. The molecule has 4 heteroatoms. The molecule has 0 amide bonds. The molecule has 1 aliphatic rings. The minimum atomic E-state index is 0.351. The first-order valence-electron chi connectivity index (χ1n) is 7.40. The third-order valence-corrected chi connectivity index (χ3v) is 4.78. The number of benzene rings is 1. The maximum absolute atomic E-state index is 6.16. The van der Waals surface area contributed by atoms with E-state index in [0.717, 1.165) is 29.6 Å². The Labute approximate surface area is 132 Å². The van der Waals surface area contributed by atoms with E-state index in [9.17, 15) is 0 Å². The maximum Gasteiger partial charge on any atom is 0.107 e. The molecule has 2 nitrogen and oxygen atoms in total. The van der Waals surface area contributed by atoms with Crippen molar-refractivity contribution in [2.24, 2.45) is 17.6 Å². The van der Waals surface area contributed by atoms with E-state index in [1.807, 2.05) is 18.2 Å². The fourth-order valence-corrected chi connectivity index (χ4v) is 3.50. The zero-order valence-electron chi connectivity index (χ0n) is 12.0. The third-order valence-electron chi connectivity index (χ3n) is 4.26. The second-order valence-electron chi connectivity index (χ2n) is 5.87. The number of nitrogens with one attached hydrogen (secondary N) is 1. The highest BCUT2D eigenvalue weighted by atomic mass is 35.5. The summed E-state index contributed by atoms with van der Waals surface area (Å²) in [5, 5.41) is 4.06. The molecule has 2 rings (SSSR count). The Hall–Kier alpha value is -0.800.